The van der Waals surface area contributed by atoms with Crippen LogP contribution in [-0.4, -0.2) is 33.9 Å². The molecule has 2 aliphatic rings. The summed E-state index contributed by atoms with van der Waals surface area (Å²) in [5.41, 5.74) is 4.46. The van der Waals surface area contributed by atoms with E-state index in [2.05, 4.69) is 72.1 Å². The first kappa shape index (κ1) is 20.7. The summed E-state index contributed by atoms with van der Waals surface area (Å²) in [7, 11) is 0. The predicted molar refractivity (Wildman–Crippen MR) is 124 cm³/mol. The van der Waals surface area contributed by atoms with Gasteiger partial charge in [0.2, 0.25) is 5.52 Å². The third-order valence-electron chi connectivity index (χ3n) is 7.07. The Morgan fingerprint density at radius 2 is 1.72 bits per heavy atom. The van der Waals surface area contributed by atoms with Gasteiger partial charge in [-0.15, -0.1) is 0 Å². The lowest BCUT2D eigenvalue weighted by Gasteiger charge is -2.42. The zero-order valence-electron chi connectivity index (χ0n) is 19.1. The molecule has 0 aliphatic carbocycles. The number of anilines is 2. The van der Waals surface area contributed by atoms with Crippen LogP contribution in [0.1, 0.15) is 58.1 Å². The van der Waals surface area contributed by atoms with Gasteiger partial charge in [-0.3, -0.25) is 10.1 Å². The first-order valence-corrected chi connectivity index (χ1v) is 11.2. The Morgan fingerprint density at radius 3 is 2.44 bits per heavy atom. The van der Waals surface area contributed by atoms with Crippen molar-refractivity contribution in [2.75, 3.05) is 22.9 Å². The van der Waals surface area contributed by atoms with Crippen LogP contribution < -0.4 is 9.80 Å². The maximum Gasteiger partial charge on any atom is 0.323 e. The van der Waals surface area contributed by atoms with E-state index in [1.807, 2.05) is 6.07 Å². The molecule has 0 spiro atoms. The highest BCUT2D eigenvalue weighted by molar-refractivity contribution is 6.00. The molecule has 3 heterocycles. The smallest absolute Gasteiger partial charge is 0.323 e. The summed E-state index contributed by atoms with van der Waals surface area (Å²) < 4.78 is 5.07. The molecule has 1 aromatic heterocycles. The van der Waals surface area contributed by atoms with Crippen molar-refractivity contribution in [3.63, 3.8) is 0 Å². The highest BCUT2D eigenvalue weighted by Gasteiger charge is 2.41. The third kappa shape index (κ3) is 3.20. The summed E-state index contributed by atoms with van der Waals surface area (Å²) in [6, 6.07) is 10.5. The maximum atomic E-state index is 12.1. The van der Waals surface area contributed by atoms with Crippen LogP contribution in [0, 0.1) is 10.1 Å². The van der Waals surface area contributed by atoms with Crippen molar-refractivity contribution in [1.29, 1.82) is 0 Å². The minimum atomic E-state index is -0.351. The van der Waals surface area contributed by atoms with Crippen molar-refractivity contribution in [3.05, 3.63) is 51.6 Å². The van der Waals surface area contributed by atoms with Crippen molar-refractivity contribution in [2.45, 2.75) is 64.5 Å². The molecule has 0 bridgehead atoms. The molecule has 0 unspecified atom stereocenters. The molecular formula is C24H29N5O3. The second-order valence-corrected chi connectivity index (χ2v) is 10.3. The molecule has 32 heavy (non-hydrogen) atoms. The predicted octanol–water partition coefficient (Wildman–Crippen LogP) is 5.20. The fraction of sp³-hybridized carbons (Fsp3) is 0.500. The van der Waals surface area contributed by atoms with Crippen molar-refractivity contribution >= 4 is 28.1 Å². The van der Waals surface area contributed by atoms with Gasteiger partial charge in [0, 0.05) is 25.2 Å². The fourth-order valence-corrected chi connectivity index (χ4v) is 5.87. The monoisotopic (exact) mass is 435 g/mol. The highest BCUT2D eigenvalue weighted by Crippen LogP contribution is 2.47. The van der Waals surface area contributed by atoms with Crippen LogP contribution >= 0.6 is 0 Å². The molecule has 0 radical (unpaired) electrons. The van der Waals surface area contributed by atoms with E-state index in [-0.39, 0.29) is 27.1 Å². The first-order valence-electron chi connectivity index (χ1n) is 11.2. The summed E-state index contributed by atoms with van der Waals surface area (Å²) in [6.07, 6.45) is 2.97. The van der Waals surface area contributed by atoms with E-state index in [9.17, 15) is 10.1 Å². The minimum Gasteiger partial charge on any atom is -0.366 e. The van der Waals surface area contributed by atoms with Gasteiger partial charge in [-0.05, 0) is 66.0 Å². The molecule has 5 rings (SSSR count). The quantitative estimate of drug-likeness (QED) is 0.413. The van der Waals surface area contributed by atoms with E-state index in [0.717, 1.165) is 38.0 Å². The summed E-state index contributed by atoms with van der Waals surface area (Å²) in [5, 5.41) is 20.2. The highest BCUT2D eigenvalue weighted by atomic mass is 16.6. The van der Waals surface area contributed by atoms with E-state index in [4.69, 9.17) is 4.63 Å². The fourth-order valence-electron chi connectivity index (χ4n) is 5.87. The van der Waals surface area contributed by atoms with E-state index < -0.39 is 0 Å². The second-order valence-electron chi connectivity index (χ2n) is 10.3. The van der Waals surface area contributed by atoms with Crippen LogP contribution in [0.15, 0.2) is 35.0 Å². The molecule has 0 atom stereocenters. The normalized spacial score (nSPS) is 19.8. The van der Waals surface area contributed by atoms with E-state index in [0.29, 0.717) is 17.7 Å². The van der Waals surface area contributed by atoms with E-state index in [1.165, 1.54) is 11.1 Å². The lowest BCUT2D eigenvalue weighted by molar-refractivity contribution is -0.382. The Bertz CT molecular complexity index is 1190. The molecule has 0 saturated carbocycles. The van der Waals surface area contributed by atoms with Gasteiger partial charge in [-0.1, -0.05) is 38.1 Å². The number of aromatic nitrogens is 2. The number of nitro groups is 1. The van der Waals surface area contributed by atoms with Gasteiger partial charge in [-0.2, -0.15) is 0 Å². The van der Waals surface area contributed by atoms with E-state index in [1.54, 1.807) is 0 Å². The molecule has 168 valence electrons. The SMILES string of the molecule is CC1(C)CC(C)(C)N(c2cc(N3CCCC3)c([N+](=O)[O-])c3nonc23)Cc2ccccc21. The maximum absolute atomic E-state index is 12.1. The summed E-state index contributed by atoms with van der Waals surface area (Å²) >= 11 is 0. The lowest BCUT2D eigenvalue weighted by Crippen LogP contribution is -2.45. The van der Waals surface area contributed by atoms with Gasteiger partial charge in [0.15, 0.2) is 5.52 Å². The van der Waals surface area contributed by atoms with Crippen LogP contribution in [0.3, 0.4) is 0 Å². The van der Waals surface area contributed by atoms with Crippen molar-refractivity contribution in [3.8, 4) is 0 Å². The number of fused-ring (bicyclic) bond motifs is 2. The van der Waals surface area contributed by atoms with Crippen molar-refractivity contribution in [1.82, 2.24) is 10.3 Å². The molecule has 8 nitrogen and oxygen atoms in total. The standard InChI is InChI=1S/C24H29N5O3/c1-23(2)15-24(3,4)28(14-16-9-5-6-10-17(16)23)18-13-19(27-11-7-8-12-27)22(29(30)31)21-20(18)25-32-26-21/h5-6,9-10,13H,7-8,11-12,14-15H2,1-4H3. The number of hydrogen-bond acceptors (Lipinski definition) is 7. The Labute approximate surface area is 187 Å². The zero-order valence-corrected chi connectivity index (χ0v) is 19.1. The van der Waals surface area contributed by atoms with Crippen LogP contribution in [0.25, 0.3) is 11.0 Å². The summed E-state index contributed by atoms with van der Waals surface area (Å²) in [4.78, 5) is 16.1. The van der Waals surface area contributed by atoms with E-state index >= 15 is 0 Å². The Balaban J connectivity index is 1.74. The van der Waals surface area contributed by atoms with Gasteiger partial charge in [0.05, 0.1) is 10.6 Å². The average Bonchev–Trinajstić information content (AvgIpc) is 3.40. The molecule has 3 aromatic rings. The number of benzene rings is 2. The third-order valence-corrected chi connectivity index (χ3v) is 7.07. The second kappa shape index (κ2) is 7.18. The number of nitro benzene ring substituents is 1. The number of nitrogens with zero attached hydrogens (tertiary/aromatic N) is 5. The molecule has 0 amide bonds. The Hall–Kier alpha value is -3.16. The molecule has 2 aromatic carbocycles. The molecule has 1 saturated heterocycles. The molecular weight excluding hydrogens is 406 g/mol. The van der Waals surface area contributed by atoms with Gasteiger partial charge >= 0.3 is 5.69 Å². The van der Waals surface area contributed by atoms with Gasteiger partial charge < -0.3 is 9.80 Å². The summed E-state index contributed by atoms with van der Waals surface area (Å²) in [5.74, 6) is 0. The van der Waals surface area contributed by atoms with Gasteiger partial charge in [-0.25, -0.2) is 4.63 Å². The van der Waals surface area contributed by atoms with Crippen LogP contribution in [0.2, 0.25) is 0 Å². The first-order chi connectivity index (χ1) is 15.2. The summed E-state index contributed by atoms with van der Waals surface area (Å²) in [6.45, 7) is 11.3. The van der Waals surface area contributed by atoms with Crippen molar-refractivity contribution < 1.29 is 9.55 Å². The minimum absolute atomic E-state index is 0.0136. The topological polar surface area (TPSA) is 88.5 Å². The average molecular weight is 436 g/mol. The Kier molecular flexibility index (Phi) is 4.65. The van der Waals surface area contributed by atoms with Crippen LogP contribution in [0.5, 0.6) is 0 Å². The lowest BCUT2D eigenvalue weighted by atomic mass is 9.75. The number of rotatable bonds is 3. The van der Waals surface area contributed by atoms with Crippen molar-refractivity contribution in [2.24, 2.45) is 0 Å². The molecule has 2 aliphatic heterocycles. The molecule has 8 heteroatoms. The Morgan fingerprint density at radius 1 is 1.03 bits per heavy atom. The van der Waals surface area contributed by atoms with Crippen LogP contribution in [-0.2, 0) is 12.0 Å². The molecule has 0 N–H and O–H groups in total. The number of hydrogen-bond donors (Lipinski definition) is 0. The largest absolute Gasteiger partial charge is 0.366 e. The van der Waals surface area contributed by atoms with Crippen LogP contribution in [0.4, 0.5) is 17.1 Å². The zero-order chi connectivity index (χ0) is 22.7. The van der Waals surface area contributed by atoms with Gasteiger partial charge in [0.25, 0.3) is 0 Å². The molecule has 1 fully saturated rings. The van der Waals surface area contributed by atoms with Gasteiger partial charge in [0.1, 0.15) is 5.69 Å².